The second kappa shape index (κ2) is 10.2. The molecule has 0 spiro atoms. The molecular formula is C22H26Cl2N2O5S2. The topological polar surface area (TPSA) is 87.2 Å². The maximum atomic E-state index is 13.0. The Bertz CT molecular complexity index is 1090. The number of hydrogen-bond acceptors (Lipinski definition) is 6. The number of hydrogen-bond donors (Lipinski definition) is 1. The van der Waals surface area contributed by atoms with Crippen molar-refractivity contribution >= 4 is 50.5 Å². The Morgan fingerprint density at radius 3 is 2.52 bits per heavy atom. The number of amides is 1. The summed E-state index contributed by atoms with van der Waals surface area (Å²) >= 11 is 13.0. The fourth-order valence-corrected chi connectivity index (χ4v) is 8.25. The summed E-state index contributed by atoms with van der Waals surface area (Å²) in [5.41, 5.74) is -0.0634. The Hall–Kier alpha value is -1.20. The molecule has 0 bridgehead atoms. The van der Waals surface area contributed by atoms with Crippen molar-refractivity contribution in [3.05, 3.63) is 50.6 Å². The lowest BCUT2D eigenvalue weighted by Crippen LogP contribution is -2.46. The lowest BCUT2D eigenvalue weighted by Gasteiger charge is -2.38. The van der Waals surface area contributed by atoms with Crippen molar-refractivity contribution < 1.29 is 23.1 Å². The summed E-state index contributed by atoms with van der Waals surface area (Å²) in [5, 5.41) is 10.9. The molecule has 1 amide bonds. The zero-order valence-corrected chi connectivity index (χ0v) is 21.1. The molecule has 2 aliphatic rings. The molecule has 0 radical (unpaired) electrons. The number of carbonyl (C=O) groups excluding carboxylic acids is 1. The summed E-state index contributed by atoms with van der Waals surface area (Å²) in [4.78, 5) is 14.3. The molecule has 0 saturated carbocycles. The summed E-state index contributed by atoms with van der Waals surface area (Å²) in [6.07, 6.45) is 2.28. The van der Waals surface area contributed by atoms with Crippen LogP contribution in [0.2, 0.25) is 8.67 Å². The smallest absolute Gasteiger partial charge is 0.248 e. The Kier molecular flexibility index (Phi) is 7.69. The van der Waals surface area contributed by atoms with Gasteiger partial charge in [0.2, 0.25) is 15.9 Å². The van der Waals surface area contributed by atoms with Crippen LogP contribution in [0.25, 0.3) is 0 Å². The number of piperidine rings is 1. The van der Waals surface area contributed by atoms with E-state index in [2.05, 4.69) is 0 Å². The van der Waals surface area contributed by atoms with Gasteiger partial charge in [0, 0.05) is 25.7 Å². The zero-order chi connectivity index (χ0) is 23.6. The van der Waals surface area contributed by atoms with Gasteiger partial charge in [0.15, 0.2) is 0 Å². The van der Waals surface area contributed by atoms with Gasteiger partial charge in [-0.15, -0.1) is 11.3 Å². The van der Waals surface area contributed by atoms with Gasteiger partial charge in [-0.3, -0.25) is 4.79 Å². The highest BCUT2D eigenvalue weighted by Gasteiger charge is 2.38. The van der Waals surface area contributed by atoms with Crippen LogP contribution in [0.1, 0.15) is 31.2 Å². The van der Waals surface area contributed by atoms with Crippen molar-refractivity contribution in [2.75, 3.05) is 32.8 Å². The van der Waals surface area contributed by atoms with E-state index < -0.39 is 15.6 Å². The number of halogens is 2. The summed E-state index contributed by atoms with van der Waals surface area (Å²) in [6, 6.07) is 10.5. The van der Waals surface area contributed by atoms with E-state index in [9.17, 15) is 18.3 Å². The fraction of sp³-hybridized carbons (Fsp3) is 0.500. The highest BCUT2D eigenvalue weighted by atomic mass is 35.5. The maximum Gasteiger partial charge on any atom is 0.248 e. The van der Waals surface area contributed by atoms with Crippen molar-refractivity contribution in [3.8, 4) is 0 Å². The van der Waals surface area contributed by atoms with E-state index in [4.69, 9.17) is 27.9 Å². The molecule has 7 nitrogen and oxygen atoms in total. The van der Waals surface area contributed by atoms with E-state index in [1.807, 2.05) is 30.3 Å². The Morgan fingerprint density at radius 1 is 1.18 bits per heavy atom. The molecule has 180 valence electrons. The average molecular weight is 533 g/mol. The normalized spacial score (nSPS) is 21.4. The van der Waals surface area contributed by atoms with Crippen molar-refractivity contribution in [3.63, 3.8) is 0 Å². The third-order valence-electron chi connectivity index (χ3n) is 6.33. The first-order chi connectivity index (χ1) is 15.7. The Labute approximate surface area is 207 Å². The van der Waals surface area contributed by atoms with Crippen LogP contribution in [-0.4, -0.2) is 67.5 Å². The summed E-state index contributed by atoms with van der Waals surface area (Å²) in [7, 11) is -3.78. The molecule has 1 aromatic heterocycles. The van der Waals surface area contributed by atoms with Crippen LogP contribution in [0, 0.1) is 0 Å². The van der Waals surface area contributed by atoms with Gasteiger partial charge in [-0.1, -0.05) is 53.5 Å². The number of aliphatic hydroxyl groups is 1. The molecule has 4 rings (SSSR count). The number of carbonyl (C=O) groups is 1. The van der Waals surface area contributed by atoms with Crippen molar-refractivity contribution in [1.29, 1.82) is 0 Å². The Balaban J connectivity index is 1.29. The highest BCUT2D eigenvalue weighted by Crippen LogP contribution is 2.38. The largest absolute Gasteiger partial charge is 0.385 e. The third kappa shape index (κ3) is 5.40. The molecule has 33 heavy (non-hydrogen) atoms. The van der Waals surface area contributed by atoms with Gasteiger partial charge in [-0.25, -0.2) is 8.42 Å². The summed E-state index contributed by atoms with van der Waals surface area (Å²) in [5.74, 6) is -0.162. The van der Waals surface area contributed by atoms with Gasteiger partial charge < -0.3 is 14.7 Å². The molecule has 2 aromatic rings. The predicted octanol–water partition coefficient (Wildman–Crippen LogP) is 3.73. The van der Waals surface area contributed by atoms with E-state index in [0.717, 1.165) is 16.9 Å². The van der Waals surface area contributed by atoms with Crippen LogP contribution in [0.5, 0.6) is 0 Å². The minimum absolute atomic E-state index is 0.0152. The van der Waals surface area contributed by atoms with E-state index >= 15 is 0 Å². The van der Waals surface area contributed by atoms with E-state index in [1.165, 1.54) is 10.4 Å². The molecular weight excluding hydrogens is 507 g/mol. The molecule has 2 fully saturated rings. The molecule has 0 aliphatic carbocycles. The van der Waals surface area contributed by atoms with Gasteiger partial charge >= 0.3 is 0 Å². The SMILES string of the molecule is O=C(COCC1CCCN1S(=O)(=O)c1cc(Cl)sc1Cl)N1CCC(O)(c2ccccc2)CC1. The van der Waals surface area contributed by atoms with Crippen LogP contribution in [0.4, 0.5) is 0 Å². The number of rotatable bonds is 7. The lowest BCUT2D eigenvalue weighted by atomic mass is 9.84. The predicted molar refractivity (Wildman–Crippen MR) is 128 cm³/mol. The first-order valence-corrected chi connectivity index (χ1v) is 13.8. The second-order valence-corrected chi connectivity index (χ2v) is 12.5. The van der Waals surface area contributed by atoms with Crippen LogP contribution in [0.15, 0.2) is 41.3 Å². The summed E-state index contributed by atoms with van der Waals surface area (Å²) in [6.45, 7) is 1.25. The number of sulfonamides is 1. The minimum Gasteiger partial charge on any atom is -0.385 e. The fourth-order valence-electron chi connectivity index (χ4n) is 4.46. The molecule has 2 aliphatic heterocycles. The standard InChI is InChI=1S/C22H26Cl2N2O5S2/c23-19-13-18(21(24)32-19)33(29,30)26-10-4-7-17(26)14-31-15-20(27)25-11-8-22(28,9-12-25)16-5-2-1-3-6-16/h1-3,5-6,13,17,28H,4,7-12,14-15H2. The van der Waals surface area contributed by atoms with Crippen molar-refractivity contribution in [2.24, 2.45) is 0 Å². The number of thiophene rings is 1. The van der Waals surface area contributed by atoms with Gasteiger partial charge in [0.1, 0.15) is 15.8 Å². The first kappa shape index (κ1) is 24.9. The first-order valence-electron chi connectivity index (χ1n) is 10.8. The molecule has 1 atom stereocenters. The van der Waals surface area contributed by atoms with Gasteiger partial charge in [0.25, 0.3) is 0 Å². The average Bonchev–Trinajstić information content (AvgIpc) is 3.41. The molecule has 3 heterocycles. The highest BCUT2D eigenvalue weighted by molar-refractivity contribution is 7.89. The van der Waals surface area contributed by atoms with Crippen LogP contribution in [0.3, 0.4) is 0 Å². The zero-order valence-electron chi connectivity index (χ0n) is 18.0. The molecule has 1 aromatic carbocycles. The van der Waals surface area contributed by atoms with Gasteiger partial charge in [0.05, 0.1) is 16.5 Å². The van der Waals surface area contributed by atoms with Crippen LogP contribution in [-0.2, 0) is 25.2 Å². The maximum absolute atomic E-state index is 13.0. The van der Waals surface area contributed by atoms with Gasteiger partial charge in [-0.2, -0.15) is 4.31 Å². The monoisotopic (exact) mass is 532 g/mol. The number of nitrogens with zero attached hydrogens (tertiary/aromatic N) is 2. The Morgan fingerprint density at radius 2 is 1.88 bits per heavy atom. The lowest BCUT2D eigenvalue weighted by molar-refractivity contribution is -0.141. The van der Waals surface area contributed by atoms with Crippen molar-refractivity contribution in [1.82, 2.24) is 9.21 Å². The minimum atomic E-state index is -3.78. The molecule has 2 saturated heterocycles. The van der Waals surface area contributed by atoms with Crippen LogP contribution >= 0.6 is 34.5 Å². The molecule has 1 unspecified atom stereocenters. The molecule has 11 heteroatoms. The molecule has 1 N–H and O–H groups in total. The van der Waals surface area contributed by atoms with Gasteiger partial charge in [-0.05, 0) is 37.3 Å². The number of likely N-dealkylation sites (tertiary alicyclic amines) is 1. The van der Waals surface area contributed by atoms with E-state index in [0.29, 0.717) is 49.7 Å². The van der Waals surface area contributed by atoms with E-state index in [-0.39, 0.29) is 34.4 Å². The van der Waals surface area contributed by atoms with Crippen LogP contribution < -0.4 is 0 Å². The quantitative estimate of drug-likeness (QED) is 0.586. The second-order valence-electron chi connectivity index (χ2n) is 8.39. The summed E-state index contributed by atoms with van der Waals surface area (Å²) < 4.78 is 33.6. The number of benzene rings is 1. The third-order valence-corrected chi connectivity index (χ3v) is 10.0. The van der Waals surface area contributed by atoms with Crippen molar-refractivity contribution in [2.45, 2.75) is 42.2 Å². The van der Waals surface area contributed by atoms with E-state index in [1.54, 1.807) is 4.90 Å². The number of ether oxygens (including phenoxy) is 1.